The van der Waals surface area contributed by atoms with Gasteiger partial charge in [0.05, 0.1) is 18.1 Å². The predicted octanol–water partition coefficient (Wildman–Crippen LogP) is 4.82. The molecular formula is C18H17F3O2. The third-order valence-electron chi connectivity index (χ3n) is 3.83. The minimum absolute atomic E-state index is 0.373. The third kappa shape index (κ3) is 3.55. The molecule has 0 atom stereocenters. The lowest BCUT2D eigenvalue weighted by Gasteiger charge is -2.22. The standard InChI is InChI=1S/C18H17F3O2/c1-17(2,16(22)23-3)15-6-4-5-13(11-15)12-7-9-14(10-8-12)18(19,20)21/h4-11H,1-3H3. The highest BCUT2D eigenvalue weighted by Crippen LogP contribution is 2.32. The van der Waals surface area contributed by atoms with Gasteiger partial charge in [-0.15, -0.1) is 0 Å². The first-order chi connectivity index (χ1) is 10.7. The maximum Gasteiger partial charge on any atom is 0.416 e. The number of halogens is 3. The molecule has 5 heteroatoms. The number of carbonyl (C=O) groups is 1. The number of methoxy groups -OCH3 is 1. The molecule has 0 aliphatic rings. The van der Waals surface area contributed by atoms with Crippen molar-refractivity contribution in [2.24, 2.45) is 0 Å². The Morgan fingerprint density at radius 2 is 1.52 bits per heavy atom. The monoisotopic (exact) mass is 322 g/mol. The summed E-state index contributed by atoms with van der Waals surface area (Å²) >= 11 is 0. The summed E-state index contributed by atoms with van der Waals surface area (Å²) in [6, 6.07) is 12.1. The predicted molar refractivity (Wildman–Crippen MR) is 81.9 cm³/mol. The van der Waals surface area contributed by atoms with Gasteiger partial charge >= 0.3 is 12.1 Å². The first-order valence-corrected chi connectivity index (χ1v) is 7.03. The summed E-state index contributed by atoms with van der Waals surface area (Å²) in [6.07, 6.45) is -4.35. The van der Waals surface area contributed by atoms with Gasteiger partial charge in [0.1, 0.15) is 0 Å². The van der Waals surface area contributed by atoms with Crippen LogP contribution in [0.5, 0.6) is 0 Å². The second kappa shape index (κ2) is 6.07. The van der Waals surface area contributed by atoms with Crippen LogP contribution in [0.15, 0.2) is 48.5 Å². The number of carbonyl (C=O) groups excluding carboxylic acids is 1. The van der Waals surface area contributed by atoms with E-state index < -0.39 is 17.2 Å². The molecule has 0 heterocycles. The minimum Gasteiger partial charge on any atom is -0.468 e. The molecule has 2 aromatic carbocycles. The van der Waals surface area contributed by atoms with Crippen molar-refractivity contribution in [3.05, 3.63) is 59.7 Å². The van der Waals surface area contributed by atoms with Gasteiger partial charge in [0.2, 0.25) is 0 Å². The second-order valence-electron chi connectivity index (χ2n) is 5.77. The zero-order valence-electron chi connectivity index (χ0n) is 13.1. The Bertz CT molecular complexity index is 701. The molecule has 23 heavy (non-hydrogen) atoms. The molecule has 0 N–H and O–H groups in total. The van der Waals surface area contributed by atoms with Crippen molar-refractivity contribution in [3.63, 3.8) is 0 Å². The van der Waals surface area contributed by atoms with Crippen LogP contribution in [0.25, 0.3) is 11.1 Å². The van der Waals surface area contributed by atoms with Gasteiger partial charge in [0.15, 0.2) is 0 Å². The molecule has 0 saturated carbocycles. The number of alkyl halides is 3. The lowest BCUT2D eigenvalue weighted by atomic mass is 9.83. The molecule has 0 amide bonds. The number of esters is 1. The van der Waals surface area contributed by atoms with Crippen LogP contribution in [-0.4, -0.2) is 13.1 Å². The van der Waals surface area contributed by atoms with Gasteiger partial charge in [-0.1, -0.05) is 36.4 Å². The molecular weight excluding hydrogens is 305 g/mol. The van der Waals surface area contributed by atoms with Crippen molar-refractivity contribution in [3.8, 4) is 11.1 Å². The Balaban J connectivity index is 2.39. The van der Waals surface area contributed by atoms with Crippen LogP contribution < -0.4 is 0 Å². The summed E-state index contributed by atoms with van der Waals surface area (Å²) in [5.41, 5.74) is 0.610. The SMILES string of the molecule is COC(=O)C(C)(C)c1cccc(-c2ccc(C(F)(F)F)cc2)c1. The average molecular weight is 322 g/mol. The fourth-order valence-corrected chi connectivity index (χ4v) is 2.31. The highest BCUT2D eigenvalue weighted by molar-refractivity contribution is 5.82. The van der Waals surface area contributed by atoms with Gasteiger partial charge in [-0.2, -0.15) is 13.2 Å². The fraction of sp³-hybridized carbons (Fsp3) is 0.278. The van der Waals surface area contributed by atoms with Crippen LogP contribution in [0.1, 0.15) is 25.0 Å². The molecule has 0 radical (unpaired) electrons. The summed E-state index contributed by atoms with van der Waals surface area (Å²) in [6.45, 7) is 3.48. The summed E-state index contributed by atoms with van der Waals surface area (Å²) in [7, 11) is 1.32. The van der Waals surface area contributed by atoms with Crippen molar-refractivity contribution in [2.45, 2.75) is 25.4 Å². The summed E-state index contributed by atoms with van der Waals surface area (Å²) in [5.74, 6) is -0.373. The lowest BCUT2D eigenvalue weighted by Crippen LogP contribution is -2.30. The summed E-state index contributed by atoms with van der Waals surface area (Å²) < 4.78 is 42.7. The second-order valence-corrected chi connectivity index (χ2v) is 5.77. The van der Waals surface area contributed by atoms with Crippen molar-refractivity contribution in [1.29, 1.82) is 0 Å². The fourth-order valence-electron chi connectivity index (χ4n) is 2.31. The van der Waals surface area contributed by atoms with Gasteiger partial charge in [0, 0.05) is 0 Å². The van der Waals surface area contributed by atoms with Gasteiger partial charge in [-0.25, -0.2) is 0 Å². The van der Waals surface area contributed by atoms with E-state index in [0.717, 1.165) is 23.3 Å². The first-order valence-electron chi connectivity index (χ1n) is 7.03. The lowest BCUT2D eigenvalue weighted by molar-refractivity contribution is -0.146. The highest BCUT2D eigenvalue weighted by Gasteiger charge is 2.31. The van der Waals surface area contributed by atoms with Gasteiger partial charge in [-0.3, -0.25) is 4.79 Å². The van der Waals surface area contributed by atoms with Crippen molar-refractivity contribution < 1.29 is 22.7 Å². The van der Waals surface area contributed by atoms with Crippen LogP contribution in [0.3, 0.4) is 0 Å². The minimum atomic E-state index is -4.35. The normalized spacial score (nSPS) is 12.1. The van der Waals surface area contributed by atoms with Gasteiger partial charge in [-0.05, 0) is 42.7 Å². The largest absolute Gasteiger partial charge is 0.468 e. The number of rotatable bonds is 3. The molecule has 0 fully saturated rings. The zero-order valence-corrected chi connectivity index (χ0v) is 13.1. The summed E-state index contributed by atoms with van der Waals surface area (Å²) in [4.78, 5) is 11.9. The molecule has 122 valence electrons. The van der Waals surface area contributed by atoms with E-state index in [1.807, 2.05) is 0 Å². The van der Waals surface area contributed by atoms with E-state index in [1.54, 1.807) is 38.1 Å². The molecule has 2 nitrogen and oxygen atoms in total. The number of benzene rings is 2. The Labute approximate surface area is 132 Å². The van der Waals surface area contributed by atoms with E-state index in [-0.39, 0.29) is 5.97 Å². The van der Waals surface area contributed by atoms with Crippen LogP contribution in [-0.2, 0) is 21.1 Å². The van der Waals surface area contributed by atoms with E-state index in [2.05, 4.69) is 0 Å². The quantitative estimate of drug-likeness (QED) is 0.757. The van der Waals surface area contributed by atoms with E-state index in [9.17, 15) is 18.0 Å². The molecule has 2 rings (SSSR count). The molecule has 0 saturated heterocycles. The number of hydrogen-bond donors (Lipinski definition) is 0. The molecule has 0 spiro atoms. The molecule has 2 aromatic rings. The Hall–Kier alpha value is -2.30. The van der Waals surface area contributed by atoms with Crippen molar-refractivity contribution in [2.75, 3.05) is 7.11 Å². The van der Waals surface area contributed by atoms with E-state index in [0.29, 0.717) is 5.56 Å². The van der Waals surface area contributed by atoms with Crippen LogP contribution in [0, 0.1) is 0 Å². The maximum atomic E-state index is 12.6. The molecule has 0 unspecified atom stereocenters. The van der Waals surface area contributed by atoms with Crippen LogP contribution in [0.4, 0.5) is 13.2 Å². The highest BCUT2D eigenvalue weighted by atomic mass is 19.4. The van der Waals surface area contributed by atoms with Crippen molar-refractivity contribution in [1.82, 2.24) is 0 Å². The van der Waals surface area contributed by atoms with E-state index in [4.69, 9.17) is 4.74 Å². The Kier molecular flexibility index (Phi) is 4.50. The molecule has 0 aromatic heterocycles. The van der Waals surface area contributed by atoms with Crippen LogP contribution >= 0.6 is 0 Å². The van der Waals surface area contributed by atoms with Crippen molar-refractivity contribution >= 4 is 5.97 Å². The Morgan fingerprint density at radius 3 is 2.04 bits per heavy atom. The topological polar surface area (TPSA) is 26.3 Å². The smallest absolute Gasteiger partial charge is 0.416 e. The Morgan fingerprint density at radius 1 is 0.913 bits per heavy atom. The van der Waals surface area contributed by atoms with E-state index in [1.165, 1.54) is 19.2 Å². The van der Waals surface area contributed by atoms with Gasteiger partial charge < -0.3 is 4.74 Å². The number of hydrogen-bond acceptors (Lipinski definition) is 2. The third-order valence-corrected chi connectivity index (χ3v) is 3.83. The molecule has 0 bridgehead atoms. The number of ether oxygens (including phenoxy) is 1. The van der Waals surface area contributed by atoms with E-state index >= 15 is 0 Å². The average Bonchev–Trinajstić information content (AvgIpc) is 2.53. The first kappa shape index (κ1) is 17.1. The summed E-state index contributed by atoms with van der Waals surface area (Å²) in [5, 5.41) is 0. The van der Waals surface area contributed by atoms with Crippen LogP contribution in [0.2, 0.25) is 0 Å². The molecule has 0 aliphatic heterocycles. The van der Waals surface area contributed by atoms with Gasteiger partial charge in [0.25, 0.3) is 0 Å². The maximum absolute atomic E-state index is 12.6. The zero-order chi connectivity index (χ0) is 17.3. The molecule has 0 aliphatic carbocycles.